The molecule has 0 amide bonds. The van der Waals surface area contributed by atoms with Crippen molar-refractivity contribution >= 4 is 16.9 Å². The van der Waals surface area contributed by atoms with Crippen LogP contribution < -0.4 is 5.32 Å². The van der Waals surface area contributed by atoms with Crippen LogP contribution in [0.4, 0.5) is 4.39 Å². The van der Waals surface area contributed by atoms with Crippen molar-refractivity contribution in [3.05, 3.63) is 34.6 Å². The van der Waals surface area contributed by atoms with Gasteiger partial charge >= 0.3 is 0 Å². The van der Waals surface area contributed by atoms with E-state index in [9.17, 15) is 4.39 Å². The van der Waals surface area contributed by atoms with Crippen LogP contribution in [0.15, 0.2) is 17.1 Å². The number of halogens is 1. The highest BCUT2D eigenvalue weighted by molar-refractivity contribution is 8.14. The summed E-state index contributed by atoms with van der Waals surface area (Å²) in [6.45, 7) is 8.65. The van der Waals surface area contributed by atoms with E-state index in [1.807, 2.05) is 12.1 Å². The molecule has 19 heavy (non-hydrogen) atoms. The van der Waals surface area contributed by atoms with Crippen molar-refractivity contribution in [2.75, 3.05) is 5.75 Å². The molecule has 0 aliphatic carbocycles. The molecule has 0 aromatic heterocycles. The third-order valence-electron chi connectivity index (χ3n) is 3.41. The lowest BCUT2D eigenvalue weighted by atomic mass is 10.1. The molecule has 0 bridgehead atoms. The third kappa shape index (κ3) is 3.50. The maximum absolute atomic E-state index is 13.5. The lowest BCUT2D eigenvalue weighted by molar-refractivity contribution is 0.503. The van der Waals surface area contributed by atoms with Crippen LogP contribution in [0.25, 0.3) is 0 Å². The molecule has 2 nitrogen and oxygen atoms in total. The second-order valence-corrected chi connectivity index (χ2v) is 6.48. The minimum atomic E-state index is -0.107. The maximum Gasteiger partial charge on any atom is 0.157 e. The fourth-order valence-corrected chi connectivity index (χ4v) is 3.35. The molecule has 1 saturated heterocycles. The third-order valence-corrected chi connectivity index (χ3v) is 4.46. The van der Waals surface area contributed by atoms with Gasteiger partial charge in [-0.2, -0.15) is 0 Å². The van der Waals surface area contributed by atoms with E-state index in [0.29, 0.717) is 29.6 Å². The molecular formula is C15H21FN2S. The summed E-state index contributed by atoms with van der Waals surface area (Å²) in [5.74, 6) is 1.60. The molecule has 1 heterocycles. The van der Waals surface area contributed by atoms with Crippen molar-refractivity contribution in [1.82, 2.24) is 5.32 Å². The first-order chi connectivity index (χ1) is 8.97. The summed E-state index contributed by atoms with van der Waals surface area (Å²) < 4.78 is 13.5. The van der Waals surface area contributed by atoms with E-state index >= 15 is 0 Å². The quantitative estimate of drug-likeness (QED) is 0.913. The van der Waals surface area contributed by atoms with Gasteiger partial charge in [0.05, 0.1) is 6.54 Å². The smallest absolute Gasteiger partial charge is 0.157 e. The van der Waals surface area contributed by atoms with Gasteiger partial charge in [0.2, 0.25) is 0 Å². The SMILES string of the molecule is Cc1cc(CN=C2NC(C(C)C)CS2)cc(C)c1F. The molecule has 104 valence electrons. The van der Waals surface area contributed by atoms with E-state index in [2.05, 4.69) is 24.2 Å². The zero-order valence-electron chi connectivity index (χ0n) is 12.0. The van der Waals surface area contributed by atoms with Gasteiger partial charge in [0.15, 0.2) is 5.17 Å². The highest BCUT2D eigenvalue weighted by Gasteiger charge is 2.22. The van der Waals surface area contributed by atoms with Gasteiger partial charge in [-0.25, -0.2) is 4.39 Å². The molecule has 1 aliphatic heterocycles. The van der Waals surface area contributed by atoms with E-state index in [0.717, 1.165) is 16.5 Å². The topological polar surface area (TPSA) is 24.4 Å². The Balaban J connectivity index is 2.03. The average molecular weight is 280 g/mol. The number of aliphatic imine (C=N–C) groups is 1. The van der Waals surface area contributed by atoms with Gasteiger partial charge in [-0.3, -0.25) is 4.99 Å². The van der Waals surface area contributed by atoms with Crippen LogP contribution in [-0.4, -0.2) is 17.0 Å². The molecule has 1 unspecified atom stereocenters. The van der Waals surface area contributed by atoms with Crippen LogP contribution in [-0.2, 0) is 6.54 Å². The summed E-state index contributed by atoms with van der Waals surface area (Å²) in [4.78, 5) is 4.58. The van der Waals surface area contributed by atoms with Gasteiger partial charge in [0, 0.05) is 11.8 Å². The van der Waals surface area contributed by atoms with Gasteiger partial charge in [0.25, 0.3) is 0 Å². The molecule has 1 N–H and O–H groups in total. The van der Waals surface area contributed by atoms with Crippen LogP contribution in [0.5, 0.6) is 0 Å². The number of hydrogen-bond acceptors (Lipinski definition) is 2. The van der Waals surface area contributed by atoms with Crippen molar-refractivity contribution in [1.29, 1.82) is 0 Å². The van der Waals surface area contributed by atoms with E-state index in [1.54, 1.807) is 25.6 Å². The Morgan fingerprint density at radius 2 is 2.00 bits per heavy atom. The maximum atomic E-state index is 13.5. The monoisotopic (exact) mass is 280 g/mol. The number of hydrogen-bond donors (Lipinski definition) is 1. The predicted octanol–water partition coefficient (Wildman–Crippen LogP) is 3.66. The van der Waals surface area contributed by atoms with Gasteiger partial charge in [0.1, 0.15) is 5.82 Å². The highest BCUT2D eigenvalue weighted by atomic mass is 32.2. The van der Waals surface area contributed by atoms with Crippen LogP contribution in [0.3, 0.4) is 0 Å². The average Bonchev–Trinajstić information content (AvgIpc) is 2.82. The molecule has 0 spiro atoms. The van der Waals surface area contributed by atoms with Crippen LogP contribution >= 0.6 is 11.8 Å². The number of aryl methyl sites for hydroxylation is 2. The normalized spacial score (nSPS) is 21.2. The minimum Gasteiger partial charge on any atom is -0.361 e. The Labute approximate surface area is 118 Å². The van der Waals surface area contributed by atoms with E-state index in [-0.39, 0.29) is 5.82 Å². The summed E-state index contributed by atoms with van der Waals surface area (Å²) in [7, 11) is 0. The zero-order valence-corrected chi connectivity index (χ0v) is 12.8. The zero-order chi connectivity index (χ0) is 14.0. The first-order valence-electron chi connectivity index (χ1n) is 6.66. The standard InChI is InChI=1S/C15H21FN2S/c1-9(2)13-8-19-15(18-13)17-7-12-5-10(3)14(16)11(4)6-12/h5-6,9,13H,7-8H2,1-4H3,(H,17,18). The molecular weight excluding hydrogens is 259 g/mol. The predicted molar refractivity (Wildman–Crippen MR) is 81.2 cm³/mol. The fourth-order valence-electron chi connectivity index (χ4n) is 2.15. The molecule has 0 radical (unpaired) electrons. The Bertz CT molecular complexity index is 474. The van der Waals surface area contributed by atoms with Gasteiger partial charge < -0.3 is 5.32 Å². The van der Waals surface area contributed by atoms with E-state index in [1.165, 1.54) is 0 Å². The Hall–Kier alpha value is -1.03. The first kappa shape index (κ1) is 14.4. The second kappa shape index (κ2) is 5.95. The lowest BCUT2D eigenvalue weighted by Crippen LogP contribution is -2.31. The first-order valence-corrected chi connectivity index (χ1v) is 7.65. The second-order valence-electron chi connectivity index (χ2n) is 5.47. The van der Waals surface area contributed by atoms with Crippen LogP contribution in [0.1, 0.15) is 30.5 Å². The summed E-state index contributed by atoms with van der Waals surface area (Å²) >= 11 is 1.77. The van der Waals surface area contributed by atoms with Crippen molar-refractivity contribution in [2.24, 2.45) is 10.9 Å². The summed E-state index contributed by atoms with van der Waals surface area (Å²) in [5.41, 5.74) is 2.46. The summed E-state index contributed by atoms with van der Waals surface area (Å²) in [6.07, 6.45) is 0. The molecule has 2 rings (SSSR count). The molecule has 1 aromatic carbocycles. The number of nitrogens with zero attached hydrogens (tertiary/aromatic N) is 1. The lowest BCUT2D eigenvalue weighted by Gasteiger charge is -2.13. The van der Waals surface area contributed by atoms with Crippen LogP contribution in [0, 0.1) is 25.6 Å². The van der Waals surface area contributed by atoms with Crippen molar-refractivity contribution < 1.29 is 4.39 Å². The molecule has 1 atom stereocenters. The van der Waals surface area contributed by atoms with E-state index in [4.69, 9.17) is 0 Å². The molecule has 1 aromatic rings. The minimum absolute atomic E-state index is 0.107. The Morgan fingerprint density at radius 1 is 1.37 bits per heavy atom. The van der Waals surface area contributed by atoms with Crippen LogP contribution in [0.2, 0.25) is 0 Å². The van der Waals surface area contributed by atoms with Crippen molar-refractivity contribution in [3.63, 3.8) is 0 Å². The number of amidine groups is 1. The summed E-state index contributed by atoms with van der Waals surface area (Å²) in [5, 5.41) is 4.45. The fraction of sp³-hybridized carbons (Fsp3) is 0.533. The molecule has 0 saturated carbocycles. The highest BCUT2D eigenvalue weighted by Crippen LogP contribution is 2.20. The Morgan fingerprint density at radius 3 is 2.53 bits per heavy atom. The number of benzene rings is 1. The molecule has 1 aliphatic rings. The number of thioether (sulfide) groups is 1. The van der Waals surface area contributed by atoms with Crippen molar-refractivity contribution in [2.45, 2.75) is 40.3 Å². The largest absolute Gasteiger partial charge is 0.361 e. The van der Waals surface area contributed by atoms with Crippen molar-refractivity contribution in [3.8, 4) is 0 Å². The van der Waals surface area contributed by atoms with Gasteiger partial charge in [-0.05, 0) is 36.5 Å². The number of rotatable bonds is 3. The summed E-state index contributed by atoms with van der Waals surface area (Å²) in [6, 6.07) is 4.28. The Kier molecular flexibility index (Phi) is 4.50. The van der Waals surface area contributed by atoms with Gasteiger partial charge in [-0.1, -0.05) is 37.7 Å². The molecule has 1 fully saturated rings. The molecule has 4 heteroatoms. The van der Waals surface area contributed by atoms with Gasteiger partial charge in [-0.15, -0.1) is 0 Å². The number of nitrogens with one attached hydrogen (secondary N) is 1. The van der Waals surface area contributed by atoms with E-state index < -0.39 is 0 Å².